The van der Waals surface area contributed by atoms with E-state index >= 15 is 0 Å². The fourth-order valence-corrected chi connectivity index (χ4v) is 4.11. The van der Waals surface area contributed by atoms with Crippen LogP contribution in [0.1, 0.15) is 37.7 Å². The predicted octanol–water partition coefficient (Wildman–Crippen LogP) is 1.92. The summed E-state index contributed by atoms with van der Waals surface area (Å²) in [7, 11) is 1.66. The molecule has 0 aromatic heterocycles. The number of piperazine rings is 1. The molecule has 1 aromatic rings. The number of rotatable bonds is 5. The van der Waals surface area contributed by atoms with Crippen LogP contribution in [0.2, 0.25) is 0 Å². The van der Waals surface area contributed by atoms with E-state index in [0.29, 0.717) is 13.1 Å². The maximum atomic E-state index is 12.5. The molecule has 5 nitrogen and oxygen atoms in total. The van der Waals surface area contributed by atoms with Crippen molar-refractivity contribution in [2.45, 2.75) is 44.2 Å². The molecule has 5 heteroatoms. The molecule has 1 aliphatic heterocycles. The van der Waals surface area contributed by atoms with Crippen LogP contribution in [0.3, 0.4) is 0 Å². The monoisotopic (exact) mass is 331 g/mol. The Morgan fingerprint density at radius 3 is 2.88 bits per heavy atom. The molecule has 0 bridgehead atoms. The van der Waals surface area contributed by atoms with Crippen molar-refractivity contribution in [1.29, 1.82) is 0 Å². The first-order valence-electron chi connectivity index (χ1n) is 9.08. The third kappa shape index (κ3) is 3.90. The zero-order valence-corrected chi connectivity index (χ0v) is 14.6. The molecule has 1 saturated carbocycles. The highest BCUT2D eigenvalue weighted by atomic mass is 16.5. The van der Waals surface area contributed by atoms with Gasteiger partial charge in [-0.05, 0) is 18.9 Å². The third-order valence-corrected chi connectivity index (χ3v) is 5.47. The fraction of sp³-hybridized carbons (Fsp3) is 0.632. The summed E-state index contributed by atoms with van der Waals surface area (Å²) in [6.07, 6.45) is 6.30. The molecule has 1 saturated heterocycles. The minimum Gasteiger partial charge on any atom is -0.496 e. The Bertz CT molecular complexity index is 547. The summed E-state index contributed by atoms with van der Waals surface area (Å²) in [5.74, 6) is 0.927. The standard InChI is InChI=1S/C19H29N3O2/c1-24-17-8-4-3-7-16(17)13-21-18(23)14-22-12-11-20-15-19(22)9-5-2-6-10-19/h3-4,7-8,20H,2,5-6,9-15H2,1H3,(H,21,23). The Hall–Kier alpha value is -1.59. The molecule has 132 valence electrons. The number of amides is 1. The van der Waals surface area contributed by atoms with Crippen molar-refractivity contribution in [3.63, 3.8) is 0 Å². The first-order valence-corrected chi connectivity index (χ1v) is 9.08. The quantitative estimate of drug-likeness (QED) is 0.865. The van der Waals surface area contributed by atoms with Gasteiger partial charge in [0.05, 0.1) is 13.7 Å². The van der Waals surface area contributed by atoms with Gasteiger partial charge in [-0.1, -0.05) is 37.5 Å². The highest BCUT2D eigenvalue weighted by molar-refractivity contribution is 5.78. The van der Waals surface area contributed by atoms with Crippen molar-refractivity contribution in [2.24, 2.45) is 0 Å². The summed E-state index contributed by atoms with van der Waals surface area (Å²) in [5.41, 5.74) is 1.21. The van der Waals surface area contributed by atoms with E-state index in [1.165, 1.54) is 32.1 Å². The zero-order chi connectivity index (χ0) is 16.8. The van der Waals surface area contributed by atoms with E-state index in [4.69, 9.17) is 4.74 Å². The number of hydrogen-bond donors (Lipinski definition) is 2. The van der Waals surface area contributed by atoms with E-state index in [-0.39, 0.29) is 11.4 Å². The van der Waals surface area contributed by atoms with E-state index in [1.807, 2.05) is 24.3 Å². The lowest BCUT2D eigenvalue weighted by molar-refractivity contribution is -0.125. The van der Waals surface area contributed by atoms with Crippen molar-refractivity contribution in [3.8, 4) is 5.75 Å². The van der Waals surface area contributed by atoms with Gasteiger partial charge < -0.3 is 15.4 Å². The topological polar surface area (TPSA) is 53.6 Å². The number of methoxy groups -OCH3 is 1. The molecule has 2 aliphatic rings. The second-order valence-electron chi connectivity index (χ2n) is 6.97. The van der Waals surface area contributed by atoms with Crippen molar-refractivity contribution in [1.82, 2.24) is 15.5 Å². The number of nitrogens with zero attached hydrogens (tertiary/aromatic N) is 1. The number of hydrogen-bond acceptors (Lipinski definition) is 4. The second-order valence-corrected chi connectivity index (χ2v) is 6.97. The molecular formula is C19H29N3O2. The van der Waals surface area contributed by atoms with Gasteiger partial charge in [-0.15, -0.1) is 0 Å². The lowest BCUT2D eigenvalue weighted by Crippen LogP contribution is -2.63. The molecule has 1 aliphatic carbocycles. The predicted molar refractivity (Wildman–Crippen MR) is 95.1 cm³/mol. The third-order valence-electron chi connectivity index (χ3n) is 5.47. The first kappa shape index (κ1) is 17.2. The van der Waals surface area contributed by atoms with Crippen LogP contribution in [0.25, 0.3) is 0 Å². The van der Waals surface area contributed by atoms with Gasteiger partial charge >= 0.3 is 0 Å². The molecule has 1 spiro atoms. The SMILES string of the molecule is COc1ccccc1CNC(=O)CN1CCNCC12CCCCC2. The highest BCUT2D eigenvalue weighted by Crippen LogP contribution is 2.34. The molecule has 0 atom stereocenters. The average Bonchev–Trinajstić information content (AvgIpc) is 2.63. The number of nitrogens with one attached hydrogen (secondary N) is 2. The molecular weight excluding hydrogens is 302 g/mol. The minimum atomic E-state index is 0.104. The molecule has 24 heavy (non-hydrogen) atoms. The Morgan fingerprint density at radius 1 is 1.29 bits per heavy atom. The van der Waals surface area contributed by atoms with Gasteiger partial charge in [0.25, 0.3) is 0 Å². The van der Waals surface area contributed by atoms with E-state index < -0.39 is 0 Å². The van der Waals surface area contributed by atoms with Crippen LogP contribution in [0.4, 0.5) is 0 Å². The molecule has 1 aromatic carbocycles. The average molecular weight is 331 g/mol. The fourth-order valence-electron chi connectivity index (χ4n) is 4.11. The Labute approximate surface area is 144 Å². The second kappa shape index (κ2) is 7.99. The van der Waals surface area contributed by atoms with Crippen molar-refractivity contribution >= 4 is 5.91 Å². The van der Waals surface area contributed by atoms with E-state index in [0.717, 1.165) is 30.9 Å². The van der Waals surface area contributed by atoms with Crippen molar-refractivity contribution < 1.29 is 9.53 Å². The van der Waals surface area contributed by atoms with Gasteiger partial charge in [0.2, 0.25) is 5.91 Å². The van der Waals surface area contributed by atoms with Gasteiger partial charge in [0.15, 0.2) is 0 Å². The normalized spacial score (nSPS) is 20.7. The Balaban J connectivity index is 1.57. The number of para-hydroxylation sites is 1. The van der Waals surface area contributed by atoms with Crippen LogP contribution in [0.5, 0.6) is 5.75 Å². The van der Waals surface area contributed by atoms with Gasteiger partial charge in [-0.2, -0.15) is 0 Å². The lowest BCUT2D eigenvalue weighted by atomic mass is 9.79. The van der Waals surface area contributed by atoms with E-state index in [9.17, 15) is 4.79 Å². The van der Waals surface area contributed by atoms with E-state index in [2.05, 4.69) is 15.5 Å². The number of carbonyl (C=O) groups excluding carboxylic acids is 1. The van der Waals surface area contributed by atoms with Gasteiger partial charge in [0, 0.05) is 37.3 Å². The van der Waals surface area contributed by atoms with Crippen LogP contribution in [0.15, 0.2) is 24.3 Å². The van der Waals surface area contributed by atoms with Crippen LogP contribution >= 0.6 is 0 Å². The molecule has 0 unspecified atom stereocenters. The molecule has 1 amide bonds. The van der Waals surface area contributed by atoms with Crippen molar-refractivity contribution in [3.05, 3.63) is 29.8 Å². The minimum absolute atomic E-state index is 0.104. The zero-order valence-electron chi connectivity index (χ0n) is 14.6. The van der Waals surface area contributed by atoms with Crippen molar-refractivity contribution in [2.75, 3.05) is 33.3 Å². The summed E-state index contributed by atoms with van der Waals surface area (Å²) < 4.78 is 5.35. The first-order chi connectivity index (χ1) is 11.7. The number of ether oxygens (including phenoxy) is 1. The molecule has 2 fully saturated rings. The van der Waals surface area contributed by atoms with Gasteiger partial charge in [-0.25, -0.2) is 0 Å². The van der Waals surface area contributed by atoms with Crippen LogP contribution < -0.4 is 15.4 Å². The summed E-state index contributed by atoms with van der Waals surface area (Å²) in [4.78, 5) is 14.9. The number of carbonyl (C=O) groups is 1. The smallest absolute Gasteiger partial charge is 0.234 e. The summed E-state index contributed by atoms with van der Waals surface area (Å²) in [6.45, 7) is 3.97. The summed E-state index contributed by atoms with van der Waals surface area (Å²) in [5, 5.41) is 6.59. The molecule has 0 radical (unpaired) electrons. The van der Waals surface area contributed by atoms with Crippen LogP contribution in [0, 0.1) is 0 Å². The Kier molecular flexibility index (Phi) is 5.74. The molecule has 1 heterocycles. The summed E-state index contributed by atoms with van der Waals surface area (Å²) >= 11 is 0. The Morgan fingerprint density at radius 2 is 2.08 bits per heavy atom. The summed E-state index contributed by atoms with van der Waals surface area (Å²) in [6, 6.07) is 7.83. The number of benzene rings is 1. The van der Waals surface area contributed by atoms with E-state index in [1.54, 1.807) is 7.11 Å². The highest BCUT2D eigenvalue weighted by Gasteiger charge is 2.40. The van der Waals surface area contributed by atoms with Crippen LogP contribution in [-0.2, 0) is 11.3 Å². The van der Waals surface area contributed by atoms with Crippen LogP contribution in [-0.4, -0.2) is 49.6 Å². The molecule has 2 N–H and O–H groups in total. The molecule has 3 rings (SSSR count). The maximum absolute atomic E-state index is 12.5. The lowest BCUT2D eigenvalue weighted by Gasteiger charge is -2.49. The van der Waals surface area contributed by atoms with Gasteiger partial charge in [-0.3, -0.25) is 9.69 Å². The van der Waals surface area contributed by atoms with Gasteiger partial charge in [0.1, 0.15) is 5.75 Å². The maximum Gasteiger partial charge on any atom is 0.234 e. The largest absolute Gasteiger partial charge is 0.496 e.